The molecule has 1 saturated heterocycles. The van der Waals surface area contributed by atoms with Crippen LogP contribution in [0.15, 0.2) is 35.6 Å². The average molecular weight is 330 g/mol. The number of amides is 2. The number of para-hydroxylation sites is 1. The summed E-state index contributed by atoms with van der Waals surface area (Å²) in [6, 6.07) is 7.73. The number of rotatable bonds is 4. The van der Waals surface area contributed by atoms with Gasteiger partial charge in [-0.25, -0.2) is 9.97 Å². The van der Waals surface area contributed by atoms with Gasteiger partial charge in [-0.15, -0.1) is 0 Å². The maximum Gasteiger partial charge on any atom is 0.233 e. The normalized spacial score (nSPS) is 18.1. The molecule has 2 aromatic rings. The van der Waals surface area contributed by atoms with Crippen molar-refractivity contribution in [3.63, 3.8) is 0 Å². The molecule has 1 aromatic carbocycles. The van der Waals surface area contributed by atoms with Crippen molar-refractivity contribution >= 4 is 34.5 Å². The van der Waals surface area contributed by atoms with Gasteiger partial charge < -0.3 is 10.6 Å². The van der Waals surface area contributed by atoms with Crippen molar-refractivity contribution in [1.82, 2.24) is 14.9 Å². The third-order valence-corrected chi connectivity index (χ3v) is 5.01. The van der Waals surface area contributed by atoms with Gasteiger partial charge in [0.2, 0.25) is 11.8 Å². The Bertz CT molecular complexity index is 732. The minimum Gasteiger partial charge on any atom is -0.369 e. The number of fused-ring (bicyclic) bond motifs is 1. The third kappa shape index (κ3) is 3.61. The Morgan fingerprint density at radius 2 is 2.13 bits per heavy atom. The summed E-state index contributed by atoms with van der Waals surface area (Å²) < 4.78 is 0. The van der Waals surface area contributed by atoms with Gasteiger partial charge in [-0.2, -0.15) is 0 Å². The van der Waals surface area contributed by atoms with E-state index in [9.17, 15) is 9.59 Å². The summed E-state index contributed by atoms with van der Waals surface area (Å²) >= 11 is 1.40. The zero-order valence-corrected chi connectivity index (χ0v) is 13.5. The van der Waals surface area contributed by atoms with Gasteiger partial charge in [0.05, 0.1) is 17.2 Å². The molecule has 3 rings (SSSR count). The Kier molecular flexibility index (Phi) is 4.76. The van der Waals surface area contributed by atoms with Crippen molar-refractivity contribution in [3.8, 4) is 0 Å². The van der Waals surface area contributed by atoms with Crippen molar-refractivity contribution in [2.24, 2.45) is 11.7 Å². The lowest BCUT2D eigenvalue weighted by Crippen LogP contribution is -2.44. The Morgan fingerprint density at radius 1 is 1.30 bits per heavy atom. The number of benzene rings is 1. The molecule has 1 aromatic heterocycles. The minimum absolute atomic E-state index is 0.0173. The topological polar surface area (TPSA) is 89.2 Å². The van der Waals surface area contributed by atoms with Crippen LogP contribution in [-0.2, 0) is 9.59 Å². The predicted molar refractivity (Wildman–Crippen MR) is 88.8 cm³/mol. The number of piperidine rings is 1. The van der Waals surface area contributed by atoms with Crippen LogP contribution in [0.5, 0.6) is 0 Å². The lowest BCUT2D eigenvalue weighted by Gasteiger charge is -2.31. The molecule has 1 fully saturated rings. The molecule has 7 heteroatoms. The summed E-state index contributed by atoms with van der Waals surface area (Å²) in [5, 5.41) is 1.74. The highest BCUT2D eigenvalue weighted by molar-refractivity contribution is 8.00. The number of carbonyl (C=O) groups is 2. The predicted octanol–water partition coefficient (Wildman–Crippen LogP) is 1.45. The van der Waals surface area contributed by atoms with E-state index in [1.165, 1.54) is 18.1 Å². The molecule has 0 bridgehead atoms. The van der Waals surface area contributed by atoms with Crippen molar-refractivity contribution < 1.29 is 9.59 Å². The van der Waals surface area contributed by atoms with Gasteiger partial charge in [0, 0.05) is 18.5 Å². The SMILES string of the molecule is NC(=O)[C@@H]1CCCN(C(=O)CSc2ncnc3ccccc23)C1. The van der Waals surface area contributed by atoms with E-state index in [0.717, 1.165) is 28.8 Å². The fraction of sp³-hybridized carbons (Fsp3) is 0.375. The molecule has 120 valence electrons. The number of hydrogen-bond donors (Lipinski definition) is 1. The van der Waals surface area contributed by atoms with Crippen molar-refractivity contribution in [1.29, 1.82) is 0 Å². The van der Waals surface area contributed by atoms with Crippen LogP contribution in [0.1, 0.15) is 12.8 Å². The number of nitrogens with zero attached hydrogens (tertiary/aromatic N) is 3. The minimum atomic E-state index is -0.322. The average Bonchev–Trinajstić information content (AvgIpc) is 2.59. The highest BCUT2D eigenvalue weighted by Crippen LogP contribution is 2.25. The molecular formula is C16H18N4O2S. The lowest BCUT2D eigenvalue weighted by atomic mass is 9.97. The van der Waals surface area contributed by atoms with E-state index < -0.39 is 0 Å². The first-order valence-electron chi connectivity index (χ1n) is 7.55. The molecule has 1 atom stereocenters. The standard InChI is InChI=1S/C16H18N4O2S/c17-15(22)11-4-3-7-20(8-11)14(21)9-23-16-12-5-1-2-6-13(12)18-10-19-16/h1-2,5-6,10-11H,3-4,7-9H2,(H2,17,22)/t11-/m1/s1. The summed E-state index contributed by atoms with van der Waals surface area (Å²) in [6.45, 7) is 1.12. The smallest absolute Gasteiger partial charge is 0.233 e. The van der Waals surface area contributed by atoms with Crippen LogP contribution in [0.2, 0.25) is 0 Å². The highest BCUT2D eigenvalue weighted by Gasteiger charge is 2.26. The number of primary amides is 1. The Balaban J connectivity index is 1.65. The number of aromatic nitrogens is 2. The maximum absolute atomic E-state index is 12.4. The van der Waals surface area contributed by atoms with Crippen molar-refractivity contribution in [2.75, 3.05) is 18.8 Å². The summed E-state index contributed by atoms with van der Waals surface area (Å²) in [6.07, 6.45) is 3.10. The third-order valence-electron chi connectivity index (χ3n) is 4.02. The Labute approximate surface area is 138 Å². The molecule has 0 unspecified atom stereocenters. The monoisotopic (exact) mass is 330 g/mol. The zero-order valence-electron chi connectivity index (χ0n) is 12.6. The van der Waals surface area contributed by atoms with Crippen LogP contribution in [0.25, 0.3) is 10.9 Å². The Morgan fingerprint density at radius 3 is 2.96 bits per heavy atom. The lowest BCUT2D eigenvalue weighted by molar-refractivity contribution is -0.132. The number of nitrogens with two attached hydrogens (primary N) is 1. The zero-order chi connectivity index (χ0) is 16.2. The van der Waals surface area contributed by atoms with Crippen LogP contribution >= 0.6 is 11.8 Å². The second kappa shape index (κ2) is 6.95. The van der Waals surface area contributed by atoms with Crippen molar-refractivity contribution in [2.45, 2.75) is 17.9 Å². The molecule has 2 heterocycles. The van der Waals surface area contributed by atoms with Gasteiger partial charge in [0.15, 0.2) is 0 Å². The number of hydrogen-bond acceptors (Lipinski definition) is 5. The number of carbonyl (C=O) groups excluding carboxylic acids is 2. The molecular weight excluding hydrogens is 312 g/mol. The summed E-state index contributed by atoms with van der Waals surface area (Å²) in [4.78, 5) is 33.9. The fourth-order valence-corrected chi connectivity index (χ4v) is 3.64. The first-order chi connectivity index (χ1) is 11.1. The van der Waals surface area contributed by atoms with Crippen LogP contribution in [0, 0.1) is 5.92 Å². The molecule has 0 spiro atoms. The molecule has 2 amide bonds. The Hall–Kier alpha value is -2.15. The van der Waals surface area contributed by atoms with E-state index in [-0.39, 0.29) is 17.7 Å². The summed E-state index contributed by atoms with van der Waals surface area (Å²) in [5.41, 5.74) is 6.22. The molecule has 1 aliphatic rings. The summed E-state index contributed by atoms with van der Waals surface area (Å²) in [5.74, 6) is -0.231. The maximum atomic E-state index is 12.4. The van der Waals surface area contributed by atoms with Crippen LogP contribution < -0.4 is 5.73 Å². The molecule has 0 radical (unpaired) electrons. The van der Waals surface area contributed by atoms with Gasteiger partial charge in [0.1, 0.15) is 11.4 Å². The molecule has 23 heavy (non-hydrogen) atoms. The summed E-state index contributed by atoms with van der Waals surface area (Å²) in [7, 11) is 0. The van der Waals surface area contributed by atoms with E-state index in [4.69, 9.17) is 5.73 Å². The molecule has 0 aliphatic carbocycles. The highest BCUT2D eigenvalue weighted by atomic mass is 32.2. The van der Waals surface area contributed by atoms with Crippen molar-refractivity contribution in [3.05, 3.63) is 30.6 Å². The van der Waals surface area contributed by atoms with E-state index in [2.05, 4.69) is 9.97 Å². The van der Waals surface area contributed by atoms with Gasteiger partial charge in [-0.05, 0) is 18.9 Å². The van der Waals surface area contributed by atoms with Crippen LogP contribution in [0.4, 0.5) is 0 Å². The first-order valence-corrected chi connectivity index (χ1v) is 8.53. The second-order valence-electron chi connectivity index (χ2n) is 5.57. The van der Waals surface area contributed by atoms with E-state index >= 15 is 0 Å². The quantitative estimate of drug-likeness (QED) is 0.677. The molecule has 1 aliphatic heterocycles. The number of likely N-dealkylation sites (tertiary alicyclic amines) is 1. The van der Waals surface area contributed by atoms with E-state index in [1.807, 2.05) is 24.3 Å². The van der Waals surface area contributed by atoms with Gasteiger partial charge in [-0.1, -0.05) is 30.0 Å². The van der Waals surface area contributed by atoms with E-state index in [1.54, 1.807) is 4.90 Å². The van der Waals surface area contributed by atoms with Gasteiger partial charge >= 0.3 is 0 Å². The number of thioether (sulfide) groups is 1. The van der Waals surface area contributed by atoms with Crippen LogP contribution in [0.3, 0.4) is 0 Å². The van der Waals surface area contributed by atoms with Gasteiger partial charge in [-0.3, -0.25) is 9.59 Å². The van der Waals surface area contributed by atoms with Crippen LogP contribution in [-0.4, -0.2) is 45.5 Å². The fourth-order valence-electron chi connectivity index (χ4n) is 2.75. The molecule has 0 saturated carbocycles. The molecule has 2 N–H and O–H groups in total. The van der Waals surface area contributed by atoms with Gasteiger partial charge in [0.25, 0.3) is 0 Å². The molecule has 6 nitrogen and oxygen atoms in total. The second-order valence-corrected chi connectivity index (χ2v) is 6.53. The largest absolute Gasteiger partial charge is 0.369 e. The first kappa shape index (κ1) is 15.7. The van der Waals surface area contributed by atoms with E-state index in [0.29, 0.717) is 18.8 Å².